The molecule has 1 N–H and O–H groups in total. The van der Waals surface area contributed by atoms with Crippen LogP contribution >= 0.6 is 23.1 Å². The summed E-state index contributed by atoms with van der Waals surface area (Å²) < 4.78 is 0. The van der Waals surface area contributed by atoms with E-state index in [1.54, 1.807) is 16.2 Å². The molecule has 0 aliphatic carbocycles. The van der Waals surface area contributed by atoms with Gasteiger partial charge in [0, 0.05) is 22.9 Å². The molecular formula is C20H21N3O3S2. The van der Waals surface area contributed by atoms with Gasteiger partial charge in [-0.3, -0.25) is 14.4 Å². The summed E-state index contributed by atoms with van der Waals surface area (Å²) in [7, 11) is 0. The fraction of sp³-hybridized carbons (Fsp3) is 0.350. The van der Waals surface area contributed by atoms with Crippen LogP contribution in [0.15, 0.2) is 46.7 Å². The van der Waals surface area contributed by atoms with Gasteiger partial charge in [0.2, 0.25) is 11.8 Å². The van der Waals surface area contributed by atoms with Gasteiger partial charge in [0.05, 0.1) is 12.2 Å². The third-order valence-corrected chi connectivity index (χ3v) is 6.99. The van der Waals surface area contributed by atoms with Crippen molar-refractivity contribution in [3.05, 3.63) is 46.7 Å². The molecule has 28 heavy (non-hydrogen) atoms. The highest BCUT2D eigenvalue weighted by atomic mass is 32.2. The number of benzene rings is 1. The summed E-state index contributed by atoms with van der Waals surface area (Å²) in [5.74, 6) is -0.700. The number of nitrogens with zero attached hydrogens (tertiary/aromatic N) is 2. The Bertz CT molecular complexity index is 879. The van der Waals surface area contributed by atoms with Gasteiger partial charge in [-0.05, 0) is 36.4 Å². The normalized spacial score (nSPS) is 18.9. The molecule has 6 nitrogen and oxygen atoms in total. The van der Waals surface area contributed by atoms with E-state index in [9.17, 15) is 14.4 Å². The Morgan fingerprint density at radius 2 is 1.89 bits per heavy atom. The Hall–Kier alpha value is -2.32. The summed E-state index contributed by atoms with van der Waals surface area (Å²) in [6.45, 7) is 1.74. The van der Waals surface area contributed by atoms with Gasteiger partial charge >= 0.3 is 0 Å². The van der Waals surface area contributed by atoms with E-state index in [2.05, 4.69) is 5.32 Å². The molecule has 3 heterocycles. The standard InChI is InChI=1S/C20H21N3O3S2/c24-17(21-12-14-6-5-11-27-14)13-23-15-7-1-2-8-16(15)28-18(20(23)26)19(25)22-9-3-4-10-22/h1-2,5-8,11,18H,3-4,9-10,12-13H2,(H,21,24). The molecule has 1 atom stereocenters. The highest BCUT2D eigenvalue weighted by Crippen LogP contribution is 2.39. The van der Waals surface area contributed by atoms with Crippen molar-refractivity contribution in [3.8, 4) is 0 Å². The lowest BCUT2D eigenvalue weighted by molar-refractivity contribution is -0.134. The van der Waals surface area contributed by atoms with Crippen molar-refractivity contribution in [1.29, 1.82) is 0 Å². The zero-order valence-corrected chi connectivity index (χ0v) is 16.9. The zero-order valence-electron chi connectivity index (χ0n) is 15.3. The summed E-state index contributed by atoms with van der Waals surface area (Å²) in [5.41, 5.74) is 0.689. The minimum Gasteiger partial charge on any atom is -0.350 e. The highest BCUT2D eigenvalue weighted by Gasteiger charge is 2.41. The number of rotatable bonds is 5. The molecule has 1 aromatic carbocycles. The van der Waals surface area contributed by atoms with Crippen molar-refractivity contribution in [1.82, 2.24) is 10.2 Å². The lowest BCUT2D eigenvalue weighted by Crippen LogP contribution is -2.51. The molecule has 0 spiro atoms. The average molecular weight is 416 g/mol. The van der Waals surface area contributed by atoms with E-state index in [-0.39, 0.29) is 24.3 Å². The molecule has 2 aromatic rings. The number of carbonyl (C=O) groups excluding carboxylic acids is 3. The highest BCUT2D eigenvalue weighted by molar-refractivity contribution is 8.01. The van der Waals surface area contributed by atoms with Crippen LogP contribution in [0.1, 0.15) is 17.7 Å². The third kappa shape index (κ3) is 3.93. The van der Waals surface area contributed by atoms with Gasteiger partial charge < -0.3 is 15.1 Å². The molecule has 0 radical (unpaired) electrons. The molecule has 8 heteroatoms. The van der Waals surface area contributed by atoms with Crippen LogP contribution in [0, 0.1) is 0 Å². The van der Waals surface area contributed by atoms with Crippen LogP contribution < -0.4 is 10.2 Å². The van der Waals surface area contributed by atoms with Gasteiger partial charge in [-0.2, -0.15) is 0 Å². The summed E-state index contributed by atoms with van der Waals surface area (Å²) in [6, 6.07) is 11.3. The van der Waals surface area contributed by atoms with Crippen LogP contribution in [-0.4, -0.2) is 47.5 Å². The number of amides is 3. The number of hydrogen-bond acceptors (Lipinski definition) is 5. The second kappa shape index (κ2) is 8.36. The number of para-hydroxylation sites is 1. The molecule has 0 bridgehead atoms. The molecule has 1 fully saturated rings. The first-order valence-corrected chi connectivity index (χ1v) is 11.0. The molecule has 1 aromatic heterocycles. The maximum atomic E-state index is 13.1. The predicted octanol–water partition coefficient (Wildman–Crippen LogP) is 2.49. The monoisotopic (exact) mass is 415 g/mol. The number of hydrogen-bond donors (Lipinski definition) is 1. The van der Waals surface area contributed by atoms with Gasteiger partial charge in [0.15, 0.2) is 5.25 Å². The SMILES string of the molecule is O=C(CN1C(=O)C(C(=O)N2CCCC2)Sc2ccccc21)NCc1cccs1. The van der Waals surface area contributed by atoms with Crippen LogP contribution in [0.3, 0.4) is 0 Å². The largest absolute Gasteiger partial charge is 0.350 e. The number of anilines is 1. The molecule has 2 aliphatic rings. The minimum absolute atomic E-state index is 0.0917. The van der Waals surface area contributed by atoms with E-state index in [1.807, 2.05) is 41.8 Å². The van der Waals surface area contributed by atoms with Crippen molar-refractivity contribution in [2.75, 3.05) is 24.5 Å². The first-order chi connectivity index (χ1) is 13.6. The van der Waals surface area contributed by atoms with E-state index in [0.717, 1.165) is 22.6 Å². The number of nitrogens with one attached hydrogen (secondary N) is 1. The second-order valence-electron chi connectivity index (χ2n) is 6.78. The molecule has 146 valence electrons. The lowest BCUT2D eigenvalue weighted by atomic mass is 10.2. The van der Waals surface area contributed by atoms with Crippen molar-refractivity contribution in [2.24, 2.45) is 0 Å². The van der Waals surface area contributed by atoms with Crippen LogP contribution in [-0.2, 0) is 20.9 Å². The average Bonchev–Trinajstić information content (AvgIpc) is 3.42. The van der Waals surface area contributed by atoms with Gasteiger partial charge in [0.1, 0.15) is 6.54 Å². The summed E-state index contributed by atoms with van der Waals surface area (Å²) in [5, 5.41) is 3.99. The smallest absolute Gasteiger partial charge is 0.250 e. The lowest BCUT2D eigenvalue weighted by Gasteiger charge is -2.34. The maximum Gasteiger partial charge on any atom is 0.250 e. The molecule has 1 saturated heterocycles. The van der Waals surface area contributed by atoms with E-state index in [1.165, 1.54) is 16.7 Å². The van der Waals surface area contributed by atoms with Crippen LogP contribution in [0.2, 0.25) is 0 Å². The maximum absolute atomic E-state index is 13.1. The first kappa shape index (κ1) is 19.0. The fourth-order valence-corrected chi connectivity index (χ4v) is 5.27. The molecule has 4 rings (SSSR count). The minimum atomic E-state index is -0.821. The topological polar surface area (TPSA) is 69.7 Å². The Labute approximate surface area is 171 Å². The van der Waals surface area contributed by atoms with Gasteiger partial charge in [-0.15, -0.1) is 23.1 Å². The fourth-order valence-electron chi connectivity index (χ4n) is 3.44. The van der Waals surface area contributed by atoms with Crippen LogP contribution in [0.25, 0.3) is 0 Å². The molecule has 2 aliphatic heterocycles. The molecule has 0 saturated carbocycles. The van der Waals surface area contributed by atoms with E-state index >= 15 is 0 Å². The van der Waals surface area contributed by atoms with Gasteiger partial charge in [-0.1, -0.05) is 18.2 Å². The van der Waals surface area contributed by atoms with Crippen LogP contribution in [0.4, 0.5) is 5.69 Å². The van der Waals surface area contributed by atoms with Gasteiger partial charge in [-0.25, -0.2) is 0 Å². The number of thiophene rings is 1. The van der Waals surface area contributed by atoms with Crippen molar-refractivity contribution < 1.29 is 14.4 Å². The number of fused-ring (bicyclic) bond motifs is 1. The van der Waals surface area contributed by atoms with E-state index in [0.29, 0.717) is 25.3 Å². The summed E-state index contributed by atoms with van der Waals surface area (Å²) >= 11 is 2.86. The van der Waals surface area contributed by atoms with E-state index in [4.69, 9.17) is 0 Å². The van der Waals surface area contributed by atoms with E-state index < -0.39 is 5.25 Å². The molecule has 3 amide bonds. The predicted molar refractivity (Wildman–Crippen MR) is 110 cm³/mol. The Kier molecular flexibility index (Phi) is 5.68. The zero-order chi connectivity index (χ0) is 19.5. The number of thioether (sulfide) groups is 1. The first-order valence-electron chi connectivity index (χ1n) is 9.28. The quantitative estimate of drug-likeness (QED) is 0.762. The Morgan fingerprint density at radius 3 is 2.64 bits per heavy atom. The van der Waals surface area contributed by atoms with Crippen LogP contribution in [0.5, 0.6) is 0 Å². The molecule has 1 unspecified atom stereocenters. The van der Waals surface area contributed by atoms with Crippen molar-refractivity contribution in [2.45, 2.75) is 29.5 Å². The van der Waals surface area contributed by atoms with Crippen molar-refractivity contribution >= 4 is 46.5 Å². The Morgan fingerprint density at radius 1 is 1.11 bits per heavy atom. The molecular weight excluding hydrogens is 394 g/mol. The van der Waals surface area contributed by atoms with Gasteiger partial charge in [0.25, 0.3) is 5.91 Å². The summed E-state index contributed by atoms with van der Waals surface area (Å²) in [6.07, 6.45) is 1.95. The third-order valence-electron chi connectivity index (χ3n) is 4.87. The number of carbonyl (C=O) groups is 3. The number of likely N-dealkylation sites (tertiary alicyclic amines) is 1. The second-order valence-corrected chi connectivity index (χ2v) is 8.96. The summed E-state index contributed by atoms with van der Waals surface area (Å²) in [4.78, 5) is 43.6. The Balaban J connectivity index is 1.51. The van der Waals surface area contributed by atoms with Crippen molar-refractivity contribution in [3.63, 3.8) is 0 Å².